The number of hydrogen-bond donors (Lipinski definition) is 0. The summed E-state index contributed by atoms with van der Waals surface area (Å²) in [4.78, 5) is 31.3. The van der Waals surface area contributed by atoms with Crippen molar-refractivity contribution < 1.29 is 61.1 Å². The SMILES string of the molecule is COc1cc2nccc(Oc3ccc(C(C[S+]([O-])CC(Oc4ccc(F)cc4[N+](=O)[O-])c4ccc(Oc5ccnc6cc(OC)c(OC)cc56)cc4)Oc4ccc(F)cc4[N+](=O)[O-])cc3)c2cc1OC. The summed E-state index contributed by atoms with van der Waals surface area (Å²) in [6.07, 6.45) is 0.811. The molecule has 0 aliphatic carbocycles. The number of methoxy groups -OCH3 is 4. The number of pyridine rings is 2. The normalized spacial score (nSPS) is 12.4. The molecule has 8 rings (SSSR count). The minimum absolute atomic E-state index is 0.300. The van der Waals surface area contributed by atoms with Gasteiger partial charge in [0, 0.05) is 35.3 Å². The van der Waals surface area contributed by atoms with Crippen molar-refractivity contribution >= 4 is 44.4 Å². The van der Waals surface area contributed by atoms with Crippen LogP contribution in [-0.4, -0.2) is 64.3 Å². The van der Waals surface area contributed by atoms with Crippen molar-refractivity contribution in [1.29, 1.82) is 0 Å². The van der Waals surface area contributed by atoms with E-state index in [0.717, 1.165) is 24.3 Å². The summed E-state index contributed by atoms with van der Waals surface area (Å²) < 4.78 is 89.7. The number of fused-ring (bicyclic) bond motifs is 2. The molecule has 6 aromatic carbocycles. The van der Waals surface area contributed by atoms with Gasteiger partial charge in [0.15, 0.2) is 46.7 Å². The van der Waals surface area contributed by atoms with Gasteiger partial charge in [0.2, 0.25) is 0 Å². The number of benzene rings is 6. The lowest BCUT2D eigenvalue weighted by atomic mass is 10.1. The molecule has 0 spiro atoms. The molecule has 0 bridgehead atoms. The Balaban J connectivity index is 1.09. The highest BCUT2D eigenvalue weighted by atomic mass is 32.2. The summed E-state index contributed by atoms with van der Waals surface area (Å²) in [5, 5.41) is 25.4. The van der Waals surface area contributed by atoms with Gasteiger partial charge < -0.3 is 42.4 Å². The molecular formula is C50H40F2N4O13S. The third-order valence-electron chi connectivity index (χ3n) is 10.8. The molecule has 0 aliphatic heterocycles. The van der Waals surface area contributed by atoms with Crippen LogP contribution in [0.15, 0.2) is 134 Å². The maximum absolute atomic E-state index is 14.5. The Morgan fingerprint density at radius 2 is 0.871 bits per heavy atom. The van der Waals surface area contributed by atoms with E-state index in [0.29, 0.717) is 91.1 Å². The van der Waals surface area contributed by atoms with Crippen LogP contribution in [0.25, 0.3) is 21.8 Å². The summed E-state index contributed by atoms with van der Waals surface area (Å²) in [6, 6.07) is 28.8. The predicted octanol–water partition coefficient (Wildman–Crippen LogP) is 11.2. The molecule has 0 saturated heterocycles. The molecule has 20 heteroatoms. The molecule has 70 heavy (non-hydrogen) atoms. The number of rotatable bonds is 20. The monoisotopic (exact) mass is 974 g/mol. The van der Waals surface area contributed by atoms with E-state index < -0.39 is 56.2 Å². The molecule has 8 aromatic rings. The first kappa shape index (κ1) is 48.0. The van der Waals surface area contributed by atoms with Crippen LogP contribution in [-0.2, 0) is 11.2 Å². The summed E-state index contributed by atoms with van der Waals surface area (Å²) in [7, 11) is 6.04. The Morgan fingerprint density at radius 3 is 1.23 bits per heavy atom. The molecule has 0 aliphatic rings. The van der Waals surface area contributed by atoms with E-state index in [9.17, 15) is 33.6 Å². The van der Waals surface area contributed by atoms with Crippen molar-refractivity contribution in [1.82, 2.24) is 9.97 Å². The van der Waals surface area contributed by atoms with Gasteiger partial charge in [0.05, 0.1) is 61.5 Å². The van der Waals surface area contributed by atoms with E-state index >= 15 is 0 Å². The van der Waals surface area contributed by atoms with Crippen molar-refractivity contribution in [3.63, 3.8) is 0 Å². The molecular weight excluding hydrogens is 935 g/mol. The average molecular weight is 975 g/mol. The average Bonchev–Trinajstić information content (AvgIpc) is 3.36. The molecule has 2 atom stereocenters. The largest absolute Gasteiger partial charge is 0.616 e. The summed E-state index contributed by atoms with van der Waals surface area (Å²) in [6.45, 7) is 0. The fraction of sp³-hybridized carbons (Fsp3) is 0.160. The van der Waals surface area contributed by atoms with Crippen LogP contribution in [0, 0.1) is 31.9 Å². The van der Waals surface area contributed by atoms with Crippen LogP contribution in [0.3, 0.4) is 0 Å². The fourth-order valence-corrected chi connectivity index (χ4v) is 8.73. The van der Waals surface area contributed by atoms with Crippen molar-refractivity contribution in [2.75, 3.05) is 39.9 Å². The molecule has 0 saturated carbocycles. The first-order valence-electron chi connectivity index (χ1n) is 21.0. The highest BCUT2D eigenvalue weighted by Gasteiger charge is 2.31. The van der Waals surface area contributed by atoms with E-state index in [1.165, 1.54) is 28.4 Å². The third-order valence-corrected chi connectivity index (χ3v) is 12.2. The Kier molecular flexibility index (Phi) is 14.5. The van der Waals surface area contributed by atoms with Crippen LogP contribution in [0.5, 0.6) is 57.5 Å². The van der Waals surface area contributed by atoms with Gasteiger partial charge in [-0.25, -0.2) is 8.78 Å². The number of nitro groups is 2. The van der Waals surface area contributed by atoms with Crippen LogP contribution in [0.2, 0.25) is 0 Å². The van der Waals surface area contributed by atoms with E-state index in [2.05, 4.69) is 9.97 Å². The van der Waals surface area contributed by atoms with E-state index in [4.69, 9.17) is 37.9 Å². The second-order valence-corrected chi connectivity index (χ2v) is 16.7. The Bertz CT molecular complexity index is 2990. The first-order chi connectivity index (χ1) is 33.8. The number of aromatic nitrogens is 2. The number of halogens is 2. The minimum Gasteiger partial charge on any atom is -0.616 e. The van der Waals surface area contributed by atoms with E-state index in [1.807, 2.05) is 0 Å². The summed E-state index contributed by atoms with van der Waals surface area (Å²) in [5.41, 5.74) is 0.615. The minimum atomic E-state index is -1.95. The zero-order valence-corrected chi connectivity index (χ0v) is 38.3. The van der Waals surface area contributed by atoms with Crippen LogP contribution in [0.1, 0.15) is 23.3 Å². The maximum Gasteiger partial charge on any atom is 0.313 e. The van der Waals surface area contributed by atoms with Crippen LogP contribution >= 0.6 is 0 Å². The van der Waals surface area contributed by atoms with Gasteiger partial charge in [-0.3, -0.25) is 30.2 Å². The molecule has 0 N–H and O–H groups in total. The summed E-state index contributed by atoms with van der Waals surface area (Å²) >= 11 is -1.95. The van der Waals surface area contributed by atoms with Crippen molar-refractivity contribution in [2.45, 2.75) is 12.2 Å². The fourth-order valence-electron chi connectivity index (χ4n) is 7.40. The molecule has 17 nitrogen and oxygen atoms in total. The van der Waals surface area contributed by atoms with Gasteiger partial charge >= 0.3 is 11.4 Å². The molecule has 0 fully saturated rings. The van der Waals surface area contributed by atoms with Gasteiger partial charge in [-0.15, -0.1) is 0 Å². The number of nitro benzene ring substituents is 2. The van der Waals surface area contributed by atoms with Gasteiger partial charge in [-0.2, -0.15) is 0 Å². The first-order valence-corrected chi connectivity index (χ1v) is 22.5. The predicted molar refractivity (Wildman–Crippen MR) is 253 cm³/mol. The lowest BCUT2D eigenvalue weighted by Gasteiger charge is -2.25. The molecule has 2 heterocycles. The summed E-state index contributed by atoms with van der Waals surface area (Å²) in [5.74, 6) is 0.511. The number of ether oxygens (including phenoxy) is 8. The van der Waals surface area contributed by atoms with Gasteiger partial charge in [0.25, 0.3) is 0 Å². The molecule has 0 amide bonds. The molecule has 0 radical (unpaired) electrons. The topological polar surface area (TPSA) is 209 Å². The van der Waals surface area contributed by atoms with Gasteiger partial charge in [-0.05, 0) is 95.1 Å². The Morgan fingerprint density at radius 1 is 0.500 bits per heavy atom. The van der Waals surface area contributed by atoms with Crippen LogP contribution in [0.4, 0.5) is 20.2 Å². The van der Waals surface area contributed by atoms with Gasteiger partial charge in [-0.1, -0.05) is 24.3 Å². The Hall–Kier alpha value is -8.49. The molecule has 2 aromatic heterocycles. The van der Waals surface area contributed by atoms with E-state index in [1.54, 1.807) is 97.3 Å². The lowest BCUT2D eigenvalue weighted by Crippen LogP contribution is -2.27. The third kappa shape index (κ3) is 10.8. The second kappa shape index (κ2) is 21.2. The maximum atomic E-state index is 14.5. The highest BCUT2D eigenvalue weighted by Crippen LogP contribution is 2.41. The van der Waals surface area contributed by atoms with Crippen molar-refractivity contribution in [3.05, 3.63) is 177 Å². The standard InChI is InChI=1S/C50H40F2N4O13S/c1-62-45-23-35-37(25-47(45)64-3)53-19-17-41(35)66-33-11-5-29(6-12-33)49(68-43-15-9-31(51)21-39(43)55(57)58)27-70(61)28-50(69-44-16-10-32(52)22-40(44)56(59)60)30-7-13-34(14-8-30)67-42-18-20-54-38-26-48(65-4)46(63-2)24-36(38)42/h5-26,49-50H,27-28H2,1-4H3. The highest BCUT2D eigenvalue weighted by molar-refractivity contribution is 7.91. The van der Waals surface area contributed by atoms with Crippen molar-refractivity contribution in [3.8, 4) is 57.5 Å². The number of hydrogen-bond acceptors (Lipinski definition) is 15. The zero-order valence-electron chi connectivity index (χ0n) is 37.5. The van der Waals surface area contributed by atoms with E-state index in [-0.39, 0.29) is 23.0 Å². The second-order valence-electron chi connectivity index (χ2n) is 15.1. The quantitative estimate of drug-likeness (QED) is 0.0395. The van der Waals surface area contributed by atoms with Crippen molar-refractivity contribution in [2.24, 2.45) is 0 Å². The van der Waals surface area contributed by atoms with Gasteiger partial charge in [0.1, 0.15) is 46.1 Å². The van der Waals surface area contributed by atoms with Crippen LogP contribution < -0.4 is 37.9 Å². The molecule has 2 unspecified atom stereocenters. The zero-order chi connectivity index (χ0) is 49.5. The lowest BCUT2D eigenvalue weighted by molar-refractivity contribution is -0.386. The Labute approximate surface area is 400 Å². The smallest absolute Gasteiger partial charge is 0.313 e. The molecule has 358 valence electrons. The number of nitrogens with zero attached hydrogens (tertiary/aromatic N) is 4.